The Hall–Kier alpha value is -1.42. The summed E-state index contributed by atoms with van der Waals surface area (Å²) in [5.41, 5.74) is 3.55. The average Bonchev–Trinajstić information content (AvgIpc) is 3.09. The van der Waals surface area contributed by atoms with E-state index < -0.39 is 0 Å². The third kappa shape index (κ3) is 4.15. The van der Waals surface area contributed by atoms with Gasteiger partial charge in [-0.1, -0.05) is 19.3 Å². The van der Waals surface area contributed by atoms with Gasteiger partial charge in [0.15, 0.2) is 0 Å². The molecule has 1 N–H and O–H groups in total. The quantitative estimate of drug-likeness (QED) is 0.899. The molecule has 1 atom stereocenters. The predicted molar refractivity (Wildman–Crippen MR) is 96.9 cm³/mol. The zero-order chi connectivity index (χ0) is 16.9. The van der Waals surface area contributed by atoms with Crippen LogP contribution >= 0.6 is 0 Å². The Labute approximate surface area is 146 Å². The van der Waals surface area contributed by atoms with Crippen molar-refractivity contribution >= 4 is 5.91 Å². The number of aromatic nitrogens is 1. The monoisotopic (exact) mass is 329 g/mol. The molecule has 1 amide bonds. The average molecular weight is 329 g/mol. The SMILES string of the molecule is CNC(=O)CCc1cc(C)nc([C@@H]2CCCN2C2CCCCC2)c1. The molecule has 0 spiro atoms. The first-order valence-electron chi connectivity index (χ1n) is 9.61. The maximum atomic E-state index is 11.5. The van der Waals surface area contributed by atoms with E-state index >= 15 is 0 Å². The van der Waals surface area contributed by atoms with Crippen molar-refractivity contribution in [2.24, 2.45) is 0 Å². The number of hydrogen-bond acceptors (Lipinski definition) is 3. The summed E-state index contributed by atoms with van der Waals surface area (Å²) < 4.78 is 0. The van der Waals surface area contributed by atoms with Gasteiger partial charge in [0, 0.05) is 25.2 Å². The van der Waals surface area contributed by atoms with Gasteiger partial charge in [0.25, 0.3) is 0 Å². The summed E-state index contributed by atoms with van der Waals surface area (Å²) in [5, 5.41) is 2.71. The number of hydrogen-bond donors (Lipinski definition) is 1. The van der Waals surface area contributed by atoms with Crippen molar-refractivity contribution in [1.82, 2.24) is 15.2 Å². The lowest BCUT2D eigenvalue weighted by Crippen LogP contribution is -2.36. The van der Waals surface area contributed by atoms with Crippen molar-refractivity contribution in [2.45, 2.75) is 76.8 Å². The molecule has 132 valence electrons. The van der Waals surface area contributed by atoms with Crippen LogP contribution in [0.25, 0.3) is 0 Å². The molecule has 1 aliphatic heterocycles. The fourth-order valence-corrected chi connectivity index (χ4v) is 4.42. The van der Waals surface area contributed by atoms with Crippen LogP contribution in [0.5, 0.6) is 0 Å². The summed E-state index contributed by atoms with van der Waals surface area (Å²) in [6.45, 7) is 3.30. The van der Waals surface area contributed by atoms with Crippen LogP contribution in [0, 0.1) is 6.92 Å². The molecule has 0 bridgehead atoms. The van der Waals surface area contributed by atoms with Crippen LogP contribution in [0.1, 0.15) is 74.4 Å². The van der Waals surface area contributed by atoms with Gasteiger partial charge in [-0.15, -0.1) is 0 Å². The van der Waals surface area contributed by atoms with Gasteiger partial charge in [0.2, 0.25) is 5.91 Å². The molecule has 24 heavy (non-hydrogen) atoms. The number of nitrogens with one attached hydrogen (secondary N) is 1. The Morgan fingerprint density at radius 3 is 2.75 bits per heavy atom. The Kier molecular flexibility index (Phi) is 5.88. The first-order chi connectivity index (χ1) is 11.7. The van der Waals surface area contributed by atoms with E-state index in [1.165, 1.54) is 62.7 Å². The number of rotatable bonds is 5. The second-order valence-corrected chi connectivity index (χ2v) is 7.40. The summed E-state index contributed by atoms with van der Waals surface area (Å²) >= 11 is 0. The molecule has 1 saturated carbocycles. The topological polar surface area (TPSA) is 45.2 Å². The Balaban J connectivity index is 1.74. The molecule has 2 fully saturated rings. The maximum absolute atomic E-state index is 11.5. The summed E-state index contributed by atoms with van der Waals surface area (Å²) in [6, 6.07) is 5.61. The van der Waals surface area contributed by atoms with E-state index in [2.05, 4.69) is 29.3 Å². The highest BCUT2D eigenvalue weighted by Gasteiger charge is 2.33. The number of nitrogens with zero attached hydrogens (tertiary/aromatic N) is 2. The molecule has 2 heterocycles. The minimum absolute atomic E-state index is 0.107. The van der Waals surface area contributed by atoms with E-state index in [0.717, 1.165) is 18.2 Å². The molecular formula is C20H31N3O. The van der Waals surface area contributed by atoms with E-state index in [1.807, 2.05) is 0 Å². The molecule has 0 radical (unpaired) electrons. The molecule has 4 heteroatoms. The standard InChI is InChI=1S/C20H31N3O/c1-15-13-16(10-11-20(24)21-2)14-18(22-15)19-9-6-12-23(19)17-7-4-3-5-8-17/h13-14,17,19H,3-12H2,1-2H3,(H,21,24)/t19-/m0/s1. The third-order valence-corrected chi connectivity index (χ3v) is 5.63. The second-order valence-electron chi connectivity index (χ2n) is 7.40. The molecule has 3 rings (SSSR count). The van der Waals surface area contributed by atoms with Crippen molar-refractivity contribution in [1.29, 1.82) is 0 Å². The van der Waals surface area contributed by atoms with Crippen LogP contribution < -0.4 is 5.32 Å². The lowest BCUT2D eigenvalue weighted by atomic mass is 9.93. The van der Waals surface area contributed by atoms with Crippen LogP contribution in [0.3, 0.4) is 0 Å². The maximum Gasteiger partial charge on any atom is 0.220 e. The number of likely N-dealkylation sites (tertiary alicyclic amines) is 1. The smallest absolute Gasteiger partial charge is 0.220 e. The van der Waals surface area contributed by atoms with Gasteiger partial charge >= 0.3 is 0 Å². The number of carbonyl (C=O) groups is 1. The summed E-state index contributed by atoms with van der Waals surface area (Å²) in [4.78, 5) is 19.1. The van der Waals surface area contributed by atoms with Gasteiger partial charge in [-0.25, -0.2) is 0 Å². The first kappa shape index (κ1) is 17.4. The van der Waals surface area contributed by atoms with Gasteiger partial charge in [0.05, 0.1) is 11.7 Å². The Morgan fingerprint density at radius 1 is 1.21 bits per heavy atom. The van der Waals surface area contributed by atoms with E-state index in [4.69, 9.17) is 4.98 Å². The normalized spacial score (nSPS) is 22.7. The summed E-state index contributed by atoms with van der Waals surface area (Å²) in [6.07, 6.45) is 10.7. The molecule has 1 aliphatic carbocycles. The van der Waals surface area contributed by atoms with E-state index in [-0.39, 0.29) is 5.91 Å². The van der Waals surface area contributed by atoms with Crippen LogP contribution in [0.2, 0.25) is 0 Å². The third-order valence-electron chi connectivity index (χ3n) is 5.63. The zero-order valence-electron chi connectivity index (χ0n) is 15.2. The highest BCUT2D eigenvalue weighted by atomic mass is 16.1. The van der Waals surface area contributed by atoms with E-state index in [1.54, 1.807) is 7.05 Å². The molecular weight excluding hydrogens is 298 g/mol. The Bertz CT molecular complexity index is 566. The van der Waals surface area contributed by atoms with Gasteiger partial charge in [0.1, 0.15) is 0 Å². The van der Waals surface area contributed by atoms with Gasteiger partial charge in [-0.2, -0.15) is 0 Å². The van der Waals surface area contributed by atoms with Crippen molar-refractivity contribution in [2.75, 3.05) is 13.6 Å². The van der Waals surface area contributed by atoms with Crippen molar-refractivity contribution < 1.29 is 4.79 Å². The van der Waals surface area contributed by atoms with Gasteiger partial charge in [-0.3, -0.25) is 14.7 Å². The highest BCUT2D eigenvalue weighted by Crippen LogP contribution is 2.37. The largest absolute Gasteiger partial charge is 0.359 e. The van der Waals surface area contributed by atoms with E-state index in [0.29, 0.717) is 12.5 Å². The predicted octanol–water partition coefficient (Wildman–Crippen LogP) is 3.54. The minimum atomic E-state index is 0.107. The van der Waals surface area contributed by atoms with Crippen LogP contribution in [0.15, 0.2) is 12.1 Å². The van der Waals surface area contributed by atoms with Crippen molar-refractivity contribution in [3.63, 3.8) is 0 Å². The van der Waals surface area contributed by atoms with E-state index in [9.17, 15) is 4.79 Å². The lowest BCUT2D eigenvalue weighted by Gasteiger charge is -2.35. The molecule has 2 aliphatic rings. The molecule has 0 unspecified atom stereocenters. The fraction of sp³-hybridized carbons (Fsp3) is 0.700. The number of aryl methyl sites for hydroxylation is 2. The molecule has 0 aromatic carbocycles. The van der Waals surface area contributed by atoms with Gasteiger partial charge < -0.3 is 5.32 Å². The van der Waals surface area contributed by atoms with Crippen molar-refractivity contribution in [3.05, 3.63) is 29.1 Å². The first-order valence-corrected chi connectivity index (χ1v) is 9.61. The molecule has 1 aromatic rings. The molecule has 1 aromatic heterocycles. The molecule has 4 nitrogen and oxygen atoms in total. The minimum Gasteiger partial charge on any atom is -0.359 e. The lowest BCUT2D eigenvalue weighted by molar-refractivity contribution is -0.120. The number of carbonyl (C=O) groups excluding carboxylic acids is 1. The molecule has 1 saturated heterocycles. The summed E-state index contributed by atoms with van der Waals surface area (Å²) in [7, 11) is 1.70. The zero-order valence-corrected chi connectivity index (χ0v) is 15.2. The summed E-state index contributed by atoms with van der Waals surface area (Å²) in [5.74, 6) is 0.107. The van der Waals surface area contributed by atoms with Crippen LogP contribution in [-0.2, 0) is 11.2 Å². The highest BCUT2D eigenvalue weighted by molar-refractivity contribution is 5.75. The van der Waals surface area contributed by atoms with Crippen LogP contribution in [-0.4, -0.2) is 35.4 Å². The Morgan fingerprint density at radius 2 is 2.00 bits per heavy atom. The number of amides is 1. The second kappa shape index (κ2) is 8.11. The number of pyridine rings is 1. The van der Waals surface area contributed by atoms with Crippen molar-refractivity contribution in [3.8, 4) is 0 Å². The van der Waals surface area contributed by atoms with Gasteiger partial charge in [-0.05, 0) is 63.3 Å². The fourth-order valence-electron chi connectivity index (χ4n) is 4.42. The van der Waals surface area contributed by atoms with Crippen LogP contribution in [0.4, 0.5) is 0 Å².